The summed E-state index contributed by atoms with van der Waals surface area (Å²) in [6.45, 7) is 2.74. The first-order chi connectivity index (χ1) is 7.65. The van der Waals surface area contributed by atoms with E-state index >= 15 is 0 Å². The van der Waals surface area contributed by atoms with Gasteiger partial charge in [-0.2, -0.15) is 5.10 Å². The number of nitrogens with zero attached hydrogens (tertiary/aromatic N) is 2. The molecular formula is C12H14ClN3. The number of hydrogen-bond acceptors (Lipinski definition) is 2. The second kappa shape index (κ2) is 4.58. The molecule has 0 radical (unpaired) electrons. The minimum Gasteiger partial charge on any atom is -0.399 e. The van der Waals surface area contributed by atoms with Crippen LogP contribution < -0.4 is 5.73 Å². The average Bonchev–Trinajstić information content (AvgIpc) is 2.58. The normalized spacial score (nSPS) is 10.6. The Morgan fingerprint density at radius 3 is 2.56 bits per heavy atom. The first-order valence-corrected chi connectivity index (χ1v) is 5.57. The fourth-order valence-electron chi connectivity index (χ4n) is 1.54. The Hall–Kier alpha value is -1.48. The lowest BCUT2D eigenvalue weighted by molar-refractivity contribution is 0.610. The van der Waals surface area contributed by atoms with Crippen LogP contribution in [0.4, 0.5) is 5.69 Å². The maximum Gasteiger partial charge on any atom is 0.0814 e. The van der Waals surface area contributed by atoms with Crippen LogP contribution in [0.15, 0.2) is 30.5 Å². The average molecular weight is 236 g/mol. The van der Waals surface area contributed by atoms with E-state index in [0.717, 1.165) is 29.4 Å². The summed E-state index contributed by atoms with van der Waals surface area (Å²) in [6, 6.07) is 7.90. The molecule has 1 aromatic heterocycles. The number of aryl methyl sites for hydroxylation is 3. The molecule has 0 aliphatic heterocycles. The molecular weight excluding hydrogens is 222 g/mol. The Labute approximate surface area is 99.8 Å². The Bertz CT molecular complexity index is 454. The van der Waals surface area contributed by atoms with Crippen LogP contribution in [0.1, 0.15) is 11.3 Å². The maximum atomic E-state index is 5.93. The van der Waals surface area contributed by atoms with Crippen LogP contribution in [-0.2, 0) is 13.0 Å². The van der Waals surface area contributed by atoms with Gasteiger partial charge in [0, 0.05) is 18.4 Å². The van der Waals surface area contributed by atoms with Crippen molar-refractivity contribution >= 4 is 17.3 Å². The predicted molar refractivity (Wildman–Crippen MR) is 66.5 cm³/mol. The van der Waals surface area contributed by atoms with E-state index in [-0.39, 0.29) is 0 Å². The number of hydrogen-bond donors (Lipinski definition) is 1. The predicted octanol–water partition coefficient (Wildman–Crippen LogP) is 2.67. The number of halogens is 1. The molecule has 2 rings (SSSR count). The maximum absolute atomic E-state index is 5.93. The summed E-state index contributed by atoms with van der Waals surface area (Å²) in [4.78, 5) is 0. The van der Waals surface area contributed by atoms with Crippen molar-refractivity contribution < 1.29 is 0 Å². The van der Waals surface area contributed by atoms with Crippen molar-refractivity contribution in [1.29, 1.82) is 0 Å². The molecule has 0 fully saturated rings. The monoisotopic (exact) mass is 235 g/mol. The van der Waals surface area contributed by atoms with Crippen molar-refractivity contribution in [2.75, 3.05) is 5.73 Å². The molecule has 0 bridgehead atoms. The zero-order valence-corrected chi connectivity index (χ0v) is 9.91. The van der Waals surface area contributed by atoms with Crippen molar-refractivity contribution in [3.05, 3.63) is 46.7 Å². The number of nitrogen functional groups attached to an aromatic ring is 1. The molecule has 2 aromatic rings. The van der Waals surface area contributed by atoms with E-state index in [0.29, 0.717) is 0 Å². The van der Waals surface area contributed by atoms with Gasteiger partial charge in [-0.15, -0.1) is 0 Å². The van der Waals surface area contributed by atoms with Gasteiger partial charge >= 0.3 is 0 Å². The topological polar surface area (TPSA) is 43.8 Å². The standard InChI is InChI=1S/C12H14ClN3/c1-9-12(13)8-16(15-9)7-6-10-2-4-11(14)5-3-10/h2-5,8H,6-7,14H2,1H3. The van der Waals surface area contributed by atoms with Gasteiger partial charge in [-0.3, -0.25) is 4.68 Å². The smallest absolute Gasteiger partial charge is 0.0814 e. The molecule has 0 unspecified atom stereocenters. The first kappa shape index (κ1) is 11.0. The van der Waals surface area contributed by atoms with Gasteiger partial charge < -0.3 is 5.73 Å². The molecule has 1 heterocycles. The van der Waals surface area contributed by atoms with E-state index < -0.39 is 0 Å². The number of rotatable bonds is 3. The zero-order valence-electron chi connectivity index (χ0n) is 9.15. The zero-order chi connectivity index (χ0) is 11.5. The van der Waals surface area contributed by atoms with Crippen molar-refractivity contribution in [1.82, 2.24) is 9.78 Å². The van der Waals surface area contributed by atoms with Crippen LogP contribution >= 0.6 is 11.6 Å². The quantitative estimate of drug-likeness (QED) is 0.832. The molecule has 3 nitrogen and oxygen atoms in total. The van der Waals surface area contributed by atoms with E-state index in [1.807, 2.05) is 42.1 Å². The summed E-state index contributed by atoms with van der Waals surface area (Å²) in [5.74, 6) is 0. The van der Waals surface area contributed by atoms with Crippen LogP contribution in [-0.4, -0.2) is 9.78 Å². The molecule has 1 aromatic carbocycles. The highest BCUT2D eigenvalue weighted by molar-refractivity contribution is 6.31. The number of benzene rings is 1. The summed E-state index contributed by atoms with van der Waals surface area (Å²) in [7, 11) is 0. The summed E-state index contributed by atoms with van der Waals surface area (Å²) >= 11 is 5.93. The lowest BCUT2D eigenvalue weighted by Gasteiger charge is -2.02. The third-order valence-electron chi connectivity index (χ3n) is 2.50. The molecule has 4 heteroatoms. The highest BCUT2D eigenvalue weighted by Crippen LogP contribution is 2.13. The third kappa shape index (κ3) is 2.55. The van der Waals surface area contributed by atoms with Gasteiger partial charge in [0.25, 0.3) is 0 Å². The molecule has 2 N–H and O–H groups in total. The number of aromatic nitrogens is 2. The van der Waals surface area contributed by atoms with Gasteiger partial charge in [-0.1, -0.05) is 23.7 Å². The molecule has 0 amide bonds. The SMILES string of the molecule is Cc1nn(CCc2ccc(N)cc2)cc1Cl. The van der Waals surface area contributed by atoms with Crippen LogP contribution in [0.25, 0.3) is 0 Å². The Morgan fingerprint density at radius 1 is 1.31 bits per heavy atom. The molecule has 84 valence electrons. The van der Waals surface area contributed by atoms with Gasteiger partial charge in [0.15, 0.2) is 0 Å². The molecule has 16 heavy (non-hydrogen) atoms. The largest absolute Gasteiger partial charge is 0.399 e. The van der Waals surface area contributed by atoms with Crippen molar-refractivity contribution in [2.24, 2.45) is 0 Å². The minimum atomic E-state index is 0.720. The second-order valence-corrected chi connectivity index (χ2v) is 4.22. The Balaban J connectivity index is 1.99. The van der Waals surface area contributed by atoms with E-state index in [1.54, 1.807) is 0 Å². The van der Waals surface area contributed by atoms with Crippen molar-refractivity contribution in [3.63, 3.8) is 0 Å². The lowest BCUT2D eigenvalue weighted by atomic mass is 10.1. The molecule has 0 aliphatic rings. The number of anilines is 1. The summed E-state index contributed by atoms with van der Waals surface area (Å²) in [5, 5.41) is 5.02. The lowest BCUT2D eigenvalue weighted by Crippen LogP contribution is -2.02. The molecule has 0 saturated heterocycles. The van der Waals surface area contributed by atoms with Crippen molar-refractivity contribution in [3.8, 4) is 0 Å². The van der Waals surface area contributed by atoms with E-state index in [1.165, 1.54) is 5.56 Å². The second-order valence-electron chi connectivity index (χ2n) is 3.82. The fraction of sp³-hybridized carbons (Fsp3) is 0.250. The van der Waals surface area contributed by atoms with Gasteiger partial charge in [-0.25, -0.2) is 0 Å². The Kier molecular flexibility index (Phi) is 3.15. The van der Waals surface area contributed by atoms with Gasteiger partial charge in [-0.05, 0) is 31.0 Å². The highest BCUT2D eigenvalue weighted by atomic mass is 35.5. The minimum absolute atomic E-state index is 0.720. The summed E-state index contributed by atoms with van der Waals surface area (Å²) < 4.78 is 1.87. The first-order valence-electron chi connectivity index (χ1n) is 5.19. The van der Waals surface area contributed by atoms with Crippen molar-refractivity contribution in [2.45, 2.75) is 19.9 Å². The van der Waals surface area contributed by atoms with E-state index in [2.05, 4.69) is 5.10 Å². The third-order valence-corrected chi connectivity index (χ3v) is 2.87. The molecule has 0 spiro atoms. The van der Waals surface area contributed by atoms with Crippen LogP contribution in [0.3, 0.4) is 0 Å². The van der Waals surface area contributed by atoms with Crippen LogP contribution in [0.2, 0.25) is 5.02 Å². The van der Waals surface area contributed by atoms with Gasteiger partial charge in [0.1, 0.15) is 0 Å². The highest BCUT2D eigenvalue weighted by Gasteiger charge is 2.01. The fourth-order valence-corrected chi connectivity index (χ4v) is 1.69. The van der Waals surface area contributed by atoms with Crippen LogP contribution in [0, 0.1) is 6.92 Å². The summed E-state index contributed by atoms with van der Waals surface area (Å²) in [6.07, 6.45) is 2.78. The molecule has 0 aliphatic carbocycles. The molecule has 0 atom stereocenters. The van der Waals surface area contributed by atoms with Gasteiger partial charge in [0.05, 0.1) is 10.7 Å². The number of nitrogens with two attached hydrogens (primary N) is 1. The Morgan fingerprint density at radius 2 is 2.00 bits per heavy atom. The summed E-state index contributed by atoms with van der Waals surface area (Å²) in [5.41, 5.74) is 8.54. The van der Waals surface area contributed by atoms with Gasteiger partial charge in [0.2, 0.25) is 0 Å². The van der Waals surface area contributed by atoms with Crippen LogP contribution in [0.5, 0.6) is 0 Å². The molecule has 0 saturated carbocycles. The van der Waals surface area contributed by atoms with E-state index in [9.17, 15) is 0 Å². The van der Waals surface area contributed by atoms with E-state index in [4.69, 9.17) is 17.3 Å².